The highest BCUT2D eigenvalue weighted by atomic mass is 16.5. The largest absolute Gasteiger partial charge is 0.380 e. The predicted octanol–water partition coefficient (Wildman–Crippen LogP) is 1.76. The van der Waals surface area contributed by atoms with E-state index >= 15 is 0 Å². The Morgan fingerprint density at radius 2 is 2.32 bits per heavy atom. The van der Waals surface area contributed by atoms with Gasteiger partial charge in [0.2, 0.25) is 0 Å². The normalized spacial score (nSPS) is 18.3. The average Bonchev–Trinajstić information content (AvgIpc) is 2.93. The number of ether oxygens (including phenoxy) is 1. The zero-order chi connectivity index (χ0) is 13.7. The number of rotatable bonds is 5. The molecule has 1 aliphatic rings. The molecule has 1 aromatic rings. The van der Waals surface area contributed by atoms with Crippen molar-refractivity contribution in [3.63, 3.8) is 0 Å². The minimum atomic E-state index is -0.0173. The maximum atomic E-state index is 12.2. The molecule has 1 aliphatic heterocycles. The summed E-state index contributed by atoms with van der Waals surface area (Å²) in [5, 5.41) is 3.38. The maximum Gasteiger partial charge on any atom is 0.272 e. The van der Waals surface area contributed by atoms with E-state index in [2.05, 4.69) is 10.3 Å². The van der Waals surface area contributed by atoms with E-state index < -0.39 is 0 Å². The van der Waals surface area contributed by atoms with Crippen LogP contribution in [0, 0.1) is 0 Å². The second kappa shape index (κ2) is 6.52. The molecule has 0 bridgehead atoms. The summed E-state index contributed by atoms with van der Waals surface area (Å²) in [4.78, 5) is 18.1. The topological polar surface area (TPSA) is 54.5 Å². The Balaban J connectivity index is 2.07. The van der Waals surface area contributed by atoms with Crippen molar-refractivity contribution in [1.29, 1.82) is 0 Å². The number of anilines is 1. The van der Waals surface area contributed by atoms with Crippen molar-refractivity contribution in [2.75, 3.05) is 31.6 Å². The van der Waals surface area contributed by atoms with E-state index in [1.54, 1.807) is 11.1 Å². The van der Waals surface area contributed by atoms with Gasteiger partial charge in [0.25, 0.3) is 5.91 Å². The third kappa shape index (κ3) is 3.44. The van der Waals surface area contributed by atoms with Crippen molar-refractivity contribution in [2.24, 2.45) is 0 Å². The van der Waals surface area contributed by atoms with E-state index in [1.807, 2.05) is 26.0 Å². The predicted molar refractivity (Wildman–Crippen MR) is 74.3 cm³/mol. The molecule has 1 amide bonds. The van der Waals surface area contributed by atoms with E-state index in [1.165, 1.54) is 0 Å². The van der Waals surface area contributed by atoms with Crippen LogP contribution in [0.5, 0.6) is 0 Å². The summed E-state index contributed by atoms with van der Waals surface area (Å²) in [5.41, 5.74) is 1.42. The molecule has 0 saturated carbocycles. The molecule has 1 unspecified atom stereocenters. The lowest BCUT2D eigenvalue weighted by molar-refractivity contribution is 0.0767. The first-order valence-corrected chi connectivity index (χ1v) is 6.84. The molecule has 0 spiro atoms. The van der Waals surface area contributed by atoms with Gasteiger partial charge in [0, 0.05) is 31.6 Å². The fraction of sp³-hybridized carbons (Fsp3) is 0.571. The molecule has 5 nitrogen and oxygen atoms in total. The highest BCUT2D eigenvalue weighted by molar-refractivity contribution is 5.93. The first kappa shape index (κ1) is 13.8. The van der Waals surface area contributed by atoms with Crippen LogP contribution >= 0.6 is 0 Å². The van der Waals surface area contributed by atoms with Crippen LogP contribution in [0.25, 0.3) is 0 Å². The Labute approximate surface area is 114 Å². The molecule has 0 radical (unpaired) electrons. The van der Waals surface area contributed by atoms with Crippen molar-refractivity contribution < 1.29 is 9.53 Å². The number of hydrogen-bond donors (Lipinski definition) is 1. The van der Waals surface area contributed by atoms with Gasteiger partial charge in [0.1, 0.15) is 5.69 Å². The van der Waals surface area contributed by atoms with E-state index in [4.69, 9.17) is 4.74 Å². The van der Waals surface area contributed by atoms with Crippen molar-refractivity contribution in [3.05, 3.63) is 24.0 Å². The zero-order valence-corrected chi connectivity index (χ0v) is 11.6. The lowest BCUT2D eigenvalue weighted by Gasteiger charge is -2.19. The standard InChI is InChI=1S/C14H21N3O2/c1-3-17(4-2)14(18)13-9-11(5-7-15-13)16-12-6-8-19-10-12/h5,7,9,12H,3-4,6,8,10H2,1-2H3,(H,15,16). The summed E-state index contributed by atoms with van der Waals surface area (Å²) >= 11 is 0. The van der Waals surface area contributed by atoms with E-state index in [9.17, 15) is 4.79 Å². The van der Waals surface area contributed by atoms with Crippen LogP contribution in [0.2, 0.25) is 0 Å². The van der Waals surface area contributed by atoms with Crippen molar-refractivity contribution in [2.45, 2.75) is 26.3 Å². The zero-order valence-electron chi connectivity index (χ0n) is 11.6. The Morgan fingerprint density at radius 1 is 1.53 bits per heavy atom. The van der Waals surface area contributed by atoms with Gasteiger partial charge < -0.3 is 15.0 Å². The Hall–Kier alpha value is -1.62. The summed E-state index contributed by atoms with van der Waals surface area (Å²) in [7, 11) is 0. The van der Waals surface area contributed by atoms with Gasteiger partial charge in [0.15, 0.2) is 0 Å². The summed E-state index contributed by atoms with van der Waals surface area (Å²) in [6.45, 7) is 6.87. The summed E-state index contributed by atoms with van der Waals surface area (Å²) < 4.78 is 5.33. The quantitative estimate of drug-likeness (QED) is 0.879. The van der Waals surface area contributed by atoms with Gasteiger partial charge in [-0.05, 0) is 32.4 Å². The summed E-state index contributed by atoms with van der Waals surface area (Å²) in [6, 6.07) is 4.04. The van der Waals surface area contributed by atoms with Crippen LogP contribution < -0.4 is 5.32 Å². The molecule has 19 heavy (non-hydrogen) atoms. The van der Waals surface area contributed by atoms with E-state index in [-0.39, 0.29) is 5.91 Å². The molecule has 2 heterocycles. The fourth-order valence-electron chi connectivity index (χ4n) is 2.19. The monoisotopic (exact) mass is 263 g/mol. The summed E-state index contributed by atoms with van der Waals surface area (Å²) in [6.07, 6.45) is 2.68. The average molecular weight is 263 g/mol. The van der Waals surface area contributed by atoms with Crippen LogP contribution in [0.15, 0.2) is 18.3 Å². The number of nitrogens with zero attached hydrogens (tertiary/aromatic N) is 2. The van der Waals surface area contributed by atoms with Crippen molar-refractivity contribution in [1.82, 2.24) is 9.88 Å². The second-order valence-electron chi connectivity index (χ2n) is 4.61. The molecule has 5 heteroatoms. The maximum absolute atomic E-state index is 12.2. The number of aromatic nitrogens is 1. The molecule has 2 rings (SSSR count). The molecule has 1 N–H and O–H groups in total. The van der Waals surface area contributed by atoms with Crippen LogP contribution in [0.1, 0.15) is 30.8 Å². The van der Waals surface area contributed by atoms with Crippen LogP contribution in [-0.2, 0) is 4.74 Å². The third-order valence-electron chi connectivity index (χ3n) is 3.33. The number of nitrogens with one attached hydrogen (secondary N) is 1. The van der Waals surface area contributed by atoms with Gasteiger partial charge >= 0.3 is 0 Å². The fourth-order valence-corrected chi connectivity index (χ4v) is 2.19. The third-order valence-corrected chi connectivity index (χ3v) is 3.33. The molecule has 0 aliphatic carbocycles. The number of carbonyl (C=O) groups is 1. The molecule has 104 valence electrons. The minimum Gasteiger partial charge on any atom is -0.380 e. The number of carbonyl (C=O) groups excluding carboxylic acids is 1. The molecule has 1 saturated heterocycles. The van der Waals surface area contributed by atoms with Crippen LogP contribution in [0.4, 0.5) is 5.69 Å². The first-order valence-electron chi connectivity index (χ1n) is 6.84. The second-order valence-corrected chi connectivity index (χ2v) is 4.61. The Morgan fingerprint density at radius 3 is 2.95 bits per heavy atom. The van der Waals surface area contributed by atoms with Gasteiger partial charge in [-0.25, -0.2) is 0 Å². The SMILES string of the molecule is CCN(CC)C(=O)c1cc(NC2CCOC2)ccn1. The summed E-state index contributed by atoms with van der Waals surface area (Å²) in [5.74, 6) is -0.0173. The molecule has 0 aromatic carbocycles. The molecular formula is C14H21N3O2. The number of pyridine rings is 1. The number of hydrogen-bond acceptors (Lipinski definition) is 4. The van der Waals surface area contributed by atoms with Gasteiger partial charge in [-0.1, -0.05) is 0 Å². The number of amides is 1. The Kier molecular flexibility index (Phi) is 4.74. The smallest absolute Gasteiger partial charge is 0.272 e. The first-order chi connectivity index (χ1) is 9.24. The molecule has 1 aromatic heterocycles. The Bertz CT molecular complexity index is 426. The highest BCUT2D eigenvalue weighted by Gasteiger charge is 2.17. The highest BCUT2D eigenvalue weighted by Crippen LogP contribution is 2.15. The van der Waals surface area contributed by atoms with Crippen LogP contribution in [-0.4, -0.2) is 48.1 Å². The van der Waals surface area contributed by atoms with Crippen molar-refractivity contribution in [3.8, 4) is 0 Å². The molecular weight excluding hydrogens is 242 g/mol. The van der Waals surface area contributed by atoms with Gasteiger partial charge in [0.05, 0.1) is 12.6 Å². The van der Waals surface area contributed by atoms with Gasteiger partial charge in [-0.2, -0.15) is 0 Å². The molecule has 1 fully saturated rings. The van der Waals surface area contributed by atoms with Crippen LogP contribution in [0.3, 0.4) is 0 Å². The molecule has 1 atom stereocenters. The van der Waals surface area contributed by atoms with Gasteiger partial charge in [-0.15, -0.1) is 0 Å². The van der Waals surface area contributed by atoms with Crippen molar-refractivity contribution >= 4 is 11.6 Å². The van der Waals surface area contributed by atoms with Gasteiger partial charge in [-0.3, -0.25) is 9.78 Å². The van der Waals surface area contributed by atoms with E-state index in [0.717, 1.165) is 25.3 Å². The van der Waals surface area contributed by atoms with E-state index in [0.29, 0.717) is 24.8 Å². The minimum absolute atomic E-state index is 0.0173. The lowest BCUT2D eigenvalue weighted by atomic mass is 10.2. The lowest BCUT2D eigenvalue weighted by Crippen LogP contribution is -2.31.